The number of aliphatic carboxylic acids is 1. The third kappa shape index (κ3) is 5.02. The lowest BCUT2D eigenvalue weighted by Gasteiger charge is -2.05. The number of carbonyl (C=O) groups is 2. The van der Waals surface area contributed by atoms with Crippen molar-refractivity contribution in [3.63, 3.8) is 0 Å². The van der Waals surface area contributed by atoms with E-state index < -0.39 is 18.2 Å². The van der Waals surface area contributed by atoms with Gasteiger partial charge in [0.2, 0.25) is 0 Å². The number of amides is 1. The van der Waals surface area contributed by atoms with E-state index >= 15 is 0 Å². The molecule has 0 fully saturated rings. The fourth-order valence-corrected chi connectivity index (χ4v) is 0.507. The Morgan fingerprint density at radius 2 is 2.20 bits per heavy atom. The zero-order chi connectivity index (χ0) is 8.15. The topological polar surface area (TPSA) is 66.4 Å². The van der Waals surface area contributed by atoms with Gasteiger partial charge in [-0.1, -0.05) is 0 Å². The number of carbonyl (C=O) groups excluding carboxylic acids is 1. The maximum atomic E-state index is 11.5. The van der Waals surface area contributed by atoms with Gasteiger partial charge in [0.25, 0.3) is 0 Å². The SMILES string of the molecule is CC(CC(=O)O)NC(=O)F. The Morgan fingerprint density at radius 3 is 2.50 bits per heavy atom. The smallest absolute Gasteiger partial charge is 0.397 e. The van der Waals surface area contributed by atoms with Gasteiger partial charge in [-0.25, -0.2) is 4.79 Å². The third-order valence-corrected chi connectivity index (χ3v) is 0.841. The van der Waals surface area contributed by atoms with E-state index in [1.165, 1.54) is 6.92 Å². The lowest BCUT2D eigenvalue weighted by atomic mass is 10.2. The highest BCUT2D eigenvalue weighted by Crippen LogP contribution is 1.90. The van der Waals surface area contributed by atoms with Crippen LogP contribution in [0.1, 0.15) is 13.3 Å². The summed E-state index contributed by atoms with van der Waals surface area (Å²) in [6.07, 6.45) is -1.97. The van der Waals surface area contributed by atoms with Crippen molar-refractivity contribution in [2.24, 2.45) is 0 Å². The van der Waals surface area contributed by atoms with Crippen molar-refractivity contribution in [3.05, 3.63) is 0 Å². The van der Waals surface area contributed by atoms with Crippen molar-refractivity contribution >= 4 is 12.1 Å². The molecule has 0 rings (SSSR count). The van der Waals surface area contributed by atoms with E-state index in [1.54, 1.807) is 5.32 Å². The molecule has 0 aliphatic heterocycles. The molecular formula is C5H8FNO3. The van der Waals surface area contributed by atoms with E-state index in [9.17, 15) is 14.0 Å². The van der Waals surface area contributed by atoms with Gasteiger partial charge in [-0.05, 0) is 6.92 Å². The molecular weight excluding hydrogens is 141 g/mol. The van der Waals surface area contributed by atoms with Gasteiger partial charge in [-0.15, -0.1) is 4.39 Å². The highest BCUT2D eigenvalue weighted by atomic mass is 19.1. The van der Waals surface area contributed by atoms with Crippen molar-refractivity contribution in [1.82, 2.24) is 5.32 Å². The summed E-state index contributed by atoms with van der Waals surface area (Å²) in [5.74, 6) is -1.07. The minimum Gasteiger partial charge on any atom is -0.481 e. The molecule has 0 aromatic carbocycles. The van der Waals surface area contributed by atoms with E-state index in [4.69, 9.17) is 5.11 Å². The first kappa shape index (κ1) is 8.87. The van der Waals surface area contributed by atoms with E-state index in [1.807, 2.05) is 0 Å². The number of carboxylic acid groups (broad SMARTS) is 1. The Kier molecular flexibility index (Phi) is 3.38. The molecule has 4 nitrogen and oxygen atoms in total. The van der Waals surface area contributed by atoms with Crippen LogP contribution in [0.5, 0.6) is 0 Å². The zero-order valence-electron chi connectivity index (χ0n) is 5.43. The second kappa shape index (κ2) is 3.81. The molecule has 58 valence electrons. The number of hydrogen-bond donors (Lipinski definition) is 2. The van der Waals surface area contributed by atoms with E-state index in [0.29, 0.717) is 0 Å². The summed E-state index contributed by atoms with van der Waals surface area (Å²) in [5, 5.41) is 9.91. The Labute approximate surface area is 57.0 Å². The standard InChI is InChI=1S/C5H8FNO3/c1-3(2-4(8)9)7-5(6)10/h3H,2H2,1H3,(H,7,10)(H,8,9). The molecule has 0 aromatic heterocycles. The summed E-state index contributed by atoms with van der Waals surface area (Å²) in [4.78, 5) is 19.6. The van der Waals surface area contributed by atoms with Gasteiger partial charge in [0, 0.05) is 6.04 Å². The second-order valence-corrected chi connectivity index (χ2v) is 1.92. The van der Waals surface area contributed by atoms with Crippen molar-refractivity contribution in [3.8, 4) is 0 Å². The van der Waals surface area contributed by atoms with Gasteiger partial charge in [-0.2, -0.15) is 0 Å². The van der Waals surface area contributed by atoms with Crippen molar-refractivity contribution in [2.75, 3.05) is 0 Å². The molecule has 0 aromatic rings. The minimum absolute atomic E-state index is 0.268. The first-order chi connectivity index (χ1) is 4.52. The van der Waals surface area contributed by atoms with Gasteiger partial charge in [0.15, 0.2) is 0 Å². The number of hydrogen-bond acceptors (Lipinski definition) is 2. The van der Waals surface area contributed by atoms with E-state index in [0.717, 1.165) is 0 Å². The van der Waals surface area contributed by atoms with Gasteiger partial charge in [-0.3, -0.25) is 4.79 Å². The molecule has 1 atom stereocenters. The molecule has 0 heterocycles. The Balaban J connectivity index is 3.53. The summed E-state index contributed by atoms with van der Waals surface area (Å²) in [6.45, 7) is 1.41. The van der Waals surface area contributed by atoms with Crippen LogP contribution < -0.4 is 5.32 Å². The fraction of sp³-hybridized carbons (Fsp3) is 0.600. The minimum atomic E-state index is -1.70. The molecule has 0 bridgehead atoms. The zero-order valence-corrected chi connectivity index (χ0v) is 5.43. The fourth-order valence-electron chi connectivity index (χ4n) is 0.507. The highest BCUT2D eigenvalue weighted by Gasteiger charge is 2.08. The molecule has 0 radical (unpaired) electrons. The molecule has 1 unspecified atom stereocenters. The van der Waals surface area contributed by atoms with Gasteiger partial charge >= 0.3 is 12.1 Å². The highest BCUT2D eigenvalue weighted by molar-refractivity contribution is 5.70. The van der Waals surface area contributed by atoms with Crippen LogP contribution >= 0.6 is 0 Å². The third-order valence-electron chi connectivity index (χ3n) is 0.841. The van der Waals surface area contributed by atoms with Crippen LogP contribution in [0.25, 0.3) is 0 Å². The number of halogens is 1. The summed E-state index contributed by atoms with van der Waals surface area (Å²) in [5.41, 5.74) is 0. The van der Waals surface area contributed by atoms with Crippen LogP contribution in [-0.2, 0) is 4.79 Å². The van der Waals surface area contributed by atoms with Crippen LogP contribution in [0.2, 0.25) is 0 Å². The summed E-state index contributed by atoms with van der Waals surface area (Å²) < 4.78 is 11.5. The normalized spacial score (nSPS) is 12.2. The Morgan fingerprint density at radius 1 is 1.70 bits per heavy atom. The van der Waals surface area contributed by atoms with Crippen molar-refractivity contribution in [1.29, 1.82) is 0 Å². The molecule has 0 saturated heterocycles. The predicted molar refractivity (Wildman–Crippen MR) is 31.4 cm³/mol. The summed E-state index contributed by atoms with van der Waals surface area (Å²) >= 11 is 0. The molecule has 10 heavy (non-hydrogen) atoms. The monoisotopic (exact) mass is 149 g/mol. The van der Waals surface area contributed by atoms with E-state index in [-0.39, 0.29) is 6.42 Å². The average molecular weight is 149 g/mol. The first-order valence-electron chi connectivity index (χ1n) is 2.70. The summed E-state index contributed by atoms with van der Waals surface area (Å²) in [6, 6.07) is -0.657. The van der Waals surface area contributed by atoms with Gasteiger partial charge < -0.3 is 10.4 Å². The number of nitrogens with one attached hydrogen (secondary N) is 1. The maximum Gasteiger partial charge on any atom is 0.397 e. The molecule has 5 heteroatoms. The van der Waals surface area contributed by atoms with E-state index in [2.05, 4.69) is 0 Å². The largest absolute Gasteiger partial charge is 0.481 e. The van der Waals surface area contributed by atoms with Crippen LogP contribution in [0.4, 0.5) is 9.18 Å². The maximum absolute atomic E-state index is 11.5. The lowest BCUT2D eigenvalue weighted by molar-refractivity contribution is -0.137. The summed E-state index contributed by atoms with van der Waals surface area (Å²) in [7, 11) is 0. The molecule has 0 saturated carbocycles. The van der Waals surface area contributed by atoms with Crippen molar-refractivity contribution < 1.29 is 19.1 Å². The van der Waals surface area contributed by atoms with Crippen LogP contribution in [0, 0.1) is 0 Å². The molecule has 0 spiro atoms. The lowest BCUT2D eigenvalue weighted by Crippen LogP contribution is -2.30. The Bertz CT molecular complexity index is 132. The molecule has 0 aliphatic rings. The Hall–Kier alpha value is -1.13. The predicted octanol–water partition coefficient (Wildman–Crippen LogP) is 0.529. The quantitative estimate of drug-likeness (QED) is 0.454. The van der Waals surface area contributed by atoms with Crippen LogP contribution in [-0.4, -0.2) is 23.3 Å². The number of carboxylic acids is 1. The van der Waals surface area contributed by atoms with Gasteiger partial charge in [0.05, 0.1) is 6.42 Å². The average Bonchev–Trinajstić information content (AvgIpc) is 1.58. The van der Waals surface area contributed by atoms with Crippen LogP contribution in [0.15, 0.2) is 0 Å². The van der Waals surface area contributed by atoms with Crippen molar-refractivity contribution in [2.45, 2.75) is 19.4 Å². The molecule has 2 N–H and O–H groups in total. The molecule has 0 aliphatic carbocycles. The molecule has 1 amide bonds. The van der Waals surface area contributed by atoms with Gasteiger partial charge in [0.1, 0.15) is 0 Å². The van der Waals surface area contributed by atoms with Crippen LogP contribution in [0.3, 0.4) is 0 Å². The first-order valence-corrected chi connectivity index (χ1v) is 2.70. The second-order valence-electron chi connectivity index (χ2n) is 1.92. The number of rotatable bonds is 3.